The van der Waals surface area contributed by atoms with Gasteiger partial charge in [0.05, 0.1) is 17.8 Å². The molecule has 0 saturated heterocycles. The number of nitrogens with zero attached hydrogens (tertiary/aromatic N) is 2. The number of aromatic nitrogens is 2. The van der Waals surface area contributed by atoms with Crippen molar-refractivity contribution in [3.63, 3.8) is 0 Å². The predicted octanol–water partition coefficient (Wildman–Crippen LogP) is 1.61. The summed E-state index contributed by atoms with van der Waals surface area (Å²) >= 11 is 0. The number of rotatable bonds is 2. The molecule has 0 atom stereocenters. The average molecular weight is 189 g/mol. The topological polar surface area (TPSA) is 43.8 Å². The van der Waals surface area contributed by atoms with Gasteiger partial charge in [-0.1, -0.05) is 11.6 Å². The predicted molar refractivity (Wildman–Crippen MR) is 58.3 cm³/mol. The summed E-state index contributed by atoms with van der Waals surface area (Å²) in [6.07, 6.45) is 0. The van der Waals surface area contributed by atoms with Gasteiger partial charge in [0.15, 0.2) is 0 Å². The van der Waals surface area contributed by atoms with Gasteiger partial charge in [-0.15, -0.1) is 0 Å². The van der Waals surface area contributed by atoms with E-state index < -0.39 is 0 Å². The second kappa shape index (κ2) is 3.42. The van der Waals surface area contributed by atoms with Crippen molar-refractivity contribution in [2.75, 3.05) is 6.54 Å². The van der Waals surface area contributed by atoms with Gasteiger partial charge in [0.2, 0.25) is 0 Å². The van der Waals surface area contributed by atoms with Crippen LogP contribution in [0.4, 0.5) is 0 Å². The van der Waals surface area contributed by atoms with Gasteiger partial charge in [-0.3, -0.25) is 4.68 Å². The Morgan fingerprint density at radius 3 is 2.86 bits per heavy atom. The van der Waals surface area contributed by atoms with Crippen LogP contribution in [0.2, 0.25) is 0 Å². The van der Waals surface area contributed by atoms with Crippen molar-refractivity contribution in [1.29, 1.82) is 0 Å². The Bertz CT molecular complexity index is 457. The van der Waals surface area contributed by atoms with E-state index in [2.05, 4.69) is 30.2 Å². The number of aryl methyl sites for hydroxylation is 2. The first-order valence-corrected chi connectivity index (χ1v) is 4.86. The summed E-state index contributed by atoms with van der Waals surface area (Å²) in [4.78, 5) is 0. The van der Waals surface area contributed by atoms with Crippen LogP contribution in [-0.4, -0.2) is 16.3 Å². The van der Waals surface area contributed by atoms with Crippen molar-refractivity contribution >= 4 is 10.9 Å². The molecule has 1 aromatic carbocycles. The maximum Gasteiger partial charge on any atom is 0.0685 e. The zero-order valence-corrected chi connectivity index (χ0v) is 8.62. The Kier molecular flexibility index (Phi) is 2.25. The van der Waals surface area contributed by atoms with Crippen molar-refractivity contribution < 1.29 is 0 Å². The van der Waals surface area contributed by atoms with E-state index in [0.29, 0.717) is 6.54 Å². The quantitative estimate of drug-likeness (QED) is 0.780. The molecule has 0 aliphatic carbocycles. The minimum atomic E-state index is 0.629. The van der Waals surface area contributed by atoms with E-state index in [1.54, 1.807) is 0 Å². The van der Waals surface area contributed by atoms with E-state index in [0.717, 1.165) is 12.2 Å². The third-order valence-electron chi connectivity index (χ3n) is 2.43. The van der Waals surface area contributed by atoms with Crippen molar-refractivity contribution in [1.82, 2.24) is 9.78 Å². The van der Waals surface area contributed by atoms with Crippen LogP contribution < -0.4 is 5.73 Å². The van der Waals surface area contributed by atoms with Gasteiger partial charge < -0.3 is 5.73 Å². The molecule has 3 nitrogen and oxygen atoms in total. The molecule has 14 heavy (non-hydrogen) atoms. The fourth-order valence-corrected chi connectivity index (χ4v) is 1.75. The normalized spacial score (nSPS) is 11.1. The lowest BCUT2D eigenvalue weighted by Crippen LogP contribution is -2.10. The molecule has 74 valence electrons. The van der Waals surface area contributed by atoms with E-state index in [4.69, 9.17) is 5.73 Å². The van der Waals surface area contributed by atoms with Gasteiger partial charge in [0.1, 0.15) is 0 Å². The molecular formula is C11H15N3. The van der Waals surface area contributed by atoms with E-state index in [-0.39, 0.29) is 0 Å². The second-order valence-electron chi connectivity index (χ2n) is 3.62. The van der Waals surface area contributed by atoms with Crippen molar-refractivity contribution in [2.45, 2.75) is 20.4 Å². The number of hydrogen-bond acceptors (Lipinski definition) is 2. The molecule has 0 aliphatic rings. The molecule has 0 fully saturated rings. The van der Waals surface area contributed by atoms with Gasteiger partial charge >= 0.3 is 0 Å². The molecule has 0 amide bonds. The smallest absolute Gasteiger partial charge is 0.0685 e. The van der Waals surface area contributed by atoms with Crippen LogP contribution in [0.25, 0.3) is 10.9 Å². The van der Waals surface area contributed by atoms with Gasteiger partial charge in [-0.25, -0.2) is 0 Å². The molecule has 0 saturated carbocycles. The summed E-state index contributed by atoms with van der Waals surface area (Å²) in [5.74, 6) is 0. The Hall–Kier alpha value is -1.35. The van der Waals surface area contributed by atoms with Gasteiger partial charge in [-0.2, -0.15) is 5.10 Å². The maximum atomic E-state index is 5.53. The molecule has 1 heterocycles. The van der Waals surface area contributed by atoms with Crippen LogP contribution in [0.15, 0.2) is 18.2 Å². The van der Waals surface area contributed by atoms with Crippen LogP contribution in [0, 0.1) is 13.8 Å². The maximum absolute atomic E-state index is 5.53. The summed E-state index contributed by atoms with van der Waals surface area (Å²) in [5, 5.41) is 5.69. The zero-order chi connectivity index (χ0) is 10.1. The number of nitrogens with two attached hydrogens (primary N) is 1. The molecule has 0 bridgehead atoms. The minimum Gasteiger partial charge on any atom is -0.329 e. The van der Waals surface area contributed by atoms with E-state index >= 15 is 0 Å². The van der Waals surface area contributed by atoms with E-state index in [1.165, 1.54) is 16.5 Å². The van der Waals surface area contributed by atoms with Crippen molar-refractivity contribution in [3.8, 4) is 0 Å². The van der Waals surface area contributed by atoms with Gasteiger partial charge in [0.25, 0.3) is 0 Å². The molecule has 2 rings (SSSR count). The third kappa shape index (κ3) is 1.40. The standard InChI is InChI=1S/C11H15N3/c1-8-3-4-11-10(7-8)9(2)13-14(11)6-5-12/h3-4,7H,5-6,12H2,1-2H3. The third-order valence-corrected chi connectivity index (χ3v) is 2.43. The molecule has 0 unspecified atom stereocenters. The fourth-order valence-electron chi connectivity index (χ4n) is 1.75. The first-order valence-electron chi connectivity index (χ1n) is 4.86. The zero-order valence-electron chi connectivity index (χ0n) is 8.62. The van der Waals surface area contributed by atoms with Crippen LogP contribution in [0.3, 0.4) is 0 Å². The average Bonchev–Trinajstić information content (AvgIpc) is 2.44. The number of benzene rings is 1. The molecule has 0 aliphatic heterocycles. The SMILES string of the molecule is Cc1ccc2c(c1)c(C)nn2CCN. The summed E-state index contributed by atoms with van der Waals surface area (Å²) in [5.41, 5.74) is 9.06. The number of fused-ring (bicyclic) bond motifs is 1. The lowest BCUT2D eigenvalue weighted by molar-refractivity contribution is 0.640. The molecule has 0 spiro atoms. The molecule has 2 aromatic rings. The van der Waals surface area contributed by atoms with Gasteiger partial charge in [0, 0.05) is 11.9 Å². The highest BCUT2D eigenvalue weighted by Crippen LogP contribution is 2.19. The minimum absolute atomic E-state index is 0.629. The van der Waals surface area contributed by atoms with E-state index in [1.807, 2.05) is 11.6 Å². The Balaban J connectivity index is 2.65. The Morgan fingerprint density at radius 1 is 1.36 bits per heavy atom. The van der Waals surface area contributed by atoms with Crippen molar-refractivity contribution in [2.24, 2.45) is 5.73 Å². The molecule has 2 N–H and O–H groups in total. The Morgan fingerprint density at radius 2 is 2.14 bits per heavy atom. The van der Waals surface area contributed by atoms with Gasteiger partial charge in [-0.05, 0) is 26.0 Å². The van der Waals surface area contributed by atoms with Crippen LogP contribution in [-0.2, 0) is 6.54 Å². The molecule has 3 heteroatoms. The number of hydrogen-bond donors (Lipinski definition) is 1. The summed E-state index contributed by atoms with van der Waals surface area (Å²) in [6.45, 7) is 5.55. The molecular weight excluding hydrogens is 174 g/mol. The fraction of sp³-hybridized carbons (Fsp3) is 0.364. The summed E-state index contributed by atoms with van der Waals surface area (Å²) < 4.78 is 1.98. The van der Waals surface area contributed by atoms with Crippen LogP contribution >= 0.6 is 0 Å². The first kappa shape index (κ1) is 9.21. The van der Waals surface area contributed by atoms with Crippen molar-refractivity contribution in [3.05, 3.63) is 29.5 Å². The first-order chi connectivity index (χ1) is 6.72. The molecule has 0 radical (unpaired) electrons. The largest absolute Gasteiger partial charge is 0.329 e. The monoisotopic (exact) mass is 189 g/mol. The highest BCUT2D eigenvalue weighted by atomic mass is 15.3. The second-order valence-corrected chi connectivity index (χ2v) is 3.62. The Labute approximate surface area is 83.5 Å². The lowest BCUT2D eigenvalue weighted by Gasteiger charge is -2.00. The summed E-state index contributed by atoms with van der Waals surface area (Å²) in [7, 11) is 0. The molecule has 1 aromatic heterocycles. The van der Waals surface area contributed by atoms with E-state index in [9.17, 15) is 0 Å². The highest BCUT2D eigenvalue weighted by molar-refractivity contribution is 5.82. The van der Waals surface area contributed by atoms with Crippen LogP contribution in [0.1, 0.15) is 11.3 Å². The highest BCUT2D eigenvalue weighted by Gasteiger charge is 2.05. The van der Waals surface area contributed by atoms with Crippen LogP contribution in [0.5, 0.6) is 0 Å². The summed E-state index contributed by atoms with van der Waals surface area (Å²) in [6, 6.07) is 6.39. The lowest BCUT2D eigenvalue weighted by atomic mass is 10.1.